The minimum absolute atomic E-state index is 0.0210. The second kappa shape index (κ2) is 9.31. The summed E-state index contributed by atoms with van der Waals surface area (Å²) in [6.07, 6.45) is 3.60. The lowest BCUT2D eigenvalue weighted by Crippen LogP contribution is -2.48. The lowest BCUT2D eigenvalue weighted by atomic mass is 10.1. The maximum Gasteiger partial charge on any atom is 0.254 e. The van der Waals surface area contributed by atoms with Crippen LogP contribution in [0.2, 0.25) is 0 Å². The van der Waals surface area contributed by atoms with Gasteiger partial charge in [-0.2, -0.15) is 5.10 Å². The summed E-state index contributed by atoms with van der Waals surface area (Å²) in [5, 5.41) is 8.41. The Hall–Kier alpha value is -4.04. The molecule has 0 saturated carbocycles. The molecule has 0 atom stereocenters. The van der Waals surface area contributed by atoms with Crippen LogP contribution in [0.1, 0.15) is 15.9 Å². The zero-order chi connectivity index (χ0) is 23.6. The molecule has 1 aliphatic heterocycles. The second-order valence-electron chi connectivity index (χ2n) is 8.54. The van der Waals surface area contributed by atoms with Gasteiger partial charge in [0.25, 0.3) is 5.91 Å². The number of hydrogen-bond donors (Lipinski definition) is 0. The van der Waals surface area contributed by atoms with E-state index in [-0.39, 0.29) is 5.91 Å². The van der Waals surface area contributed by atoms with Gasteiger partial charge >= 0.3 is 0 Å². The van der Waals surface area contributed by atoms with Crippen molar-refractivity contribution >= 4 is 33.4 Å². The zero-order valence-corrected chi connectivity index (χ0v) is 19.9. The molecule has 0 spiro atoms. The minimum Gasteiger partial charge on any atom is -0.345 e. The number of benzene rings is 2. The predicted molar refractivity (Wildman–Crippen MR) is 139 cm³/mol. The van der Waals surface area contributed by atoms with E-state index in [0.29, 0.717) is 25.2 Å². The molecule has 2 aromatic carbocycles. The minimum atomic E-state index is 0.0210. The van der Waals surface area contributed by atoms with Gasteiger partial charge in [0.2, 0.25) is 0 Å². The molecule has 8 heteroatoms. The zero-order valence-electron chi connectivity index (χ0n) is 19.1. The molecule has 0 radical (unpaired) electrons. The van der Waals surface area contributed by atoms with E-state index in [4.69, 9.17) is 4.98 Å². The first-order chi connectivity index (χ1) is 17.3. The fourth-order valence-electron chi connectivity index (χ4n) is 4.50. The fraction of sp³-hybridized carbons (Fsp3) is 0.185. The van der Waals surface area contributed by atoms with E-state index in [9.17, 15) is 4.79 Å². The van der Waals surface area contributed by atoms with Gasteiger partial charge in [0.1, 0.15) is 0 Å². The van der Waals surface area contributed by atoms with E-state index in [1.807, 2.05) is 75.8 Å². The molecule has 1 saturated heterocycles. The Morgan fingerprint density at radius 3 is 2.40 bits per heavy atom. The van der Waals surface area contributed by atoms with Crippen LogP contribution in [0.25, 0.3) is 22.3 Å². The highest BCUT2D eigenvalue weighted by atomic mass is 32.1. The number of carbonyl (C=O) groups is 1. The van der Waals surface area contributed by atoms with Crippen molar-refractivity contribution in [2.24, 2.45) is 0 Å². The average molecular weight is 481 g/mol. The largest absolute Gasteiger partial charge is 0.345 e. The first-order valence-corrected chi connectivity index (χ1v) is 12.5. The lowest BCUT2D eigenvalue weighted by Gasteiger charge is -2.34. The van der Waals surface area contributed by atoms with Gasteiger partial charge in [0.15, 0.2) is 10.8 Å². The molecule has 0 N–H and O–H groups in total. The number of thiazole rings is 1. The number of anilines is 1. The standard InChI is InChI=1S/C27H24N6OS/c34-26(31-12-14-32(15-13-31)27-28-11-16-35-27)22-17-24(21-9-5-2-6-10-21)30-25-23(22)18-29-33(25)19-20-7-3-1-4-8-20/h1-11,16-18H,12-15,19H2. The summed E-state index contributed by atoms with van der Waals surface area (Å²) < 4.78 is 1.88. The van der Waals surface area contributed by atoms with E-state index in [1.54, 1.807) is 17.5 Å². The van der Waals surface area contributed by atoms with Crippen molar-refractivity contribution in [3.8, 4) is 11.3 Å². The molecule has 174 valence electrons. The SMILES string of the molecule is O=C(c1cc(-c2ccccc2)nc2c1cnn2Cc1ccccc1)N1CCN(c2nccs2)CC1. The van der Waals surface area contributed by atoms with Gasteiger partial charge in [-0.3, -0.25) is 4.79 Å². The third-order valence-corrected chi connectivity index (χ3v) is 7.17. The van der Waals surface area contributed by atoms with Crippen LogP contribution in [0.3, 0.4) is 0 Å². The summed E-state index contributed by atoms with van der Waals surface area (Å²) in [5.74, 6) is 0.0210. The molecular formula is C27H24N6OS. The van der Waals surface area contributed by atoms with Crippen LogP contribution in [0.5, 0.6) is 0 Å². The summed E-state index contributed by atoms with van der Waals surface area (Å²) in [4.78, 5) is 27.3. The van der Waals surface area contributed by atoms with Gasteiger partial charge < -0.3 is 9.80 Å². The topological polar surface area (TPSA) is 67.2 Å². The van der Waals surface area contributed by atoms with E-state index >= 15 is 0 Å². The number of carbonyl (C=O) groups excluding carboxylic acids is 1. The number of nitrogens with zero attached hydrogens (tertiary/aromatic N) is 6. The van der Waals surface area contributed by atoms with Crippen molar-refractivity contribution in [3.63, 3.8) is 0 Å². The Labute approximate surface area is 207 Å². The second-order valence-corrected chi connectivity index (χ2v) is 9.41. The molecule has 3 aromatic heterocycles. The van der Waals surface area contributed by atoms with E-state index in [0.717, 1.165) is 46.1 Å². The van der Waals surface area contributed by atoms with Crippen LogP contribution in [-0.2, 0) is 6.54 Å². The van der Waals surface area contributed by atoms with Crippen molar-refractivity contribution < 1.29 is 4.79 Å². The molecule has 1 aliphatic rings. The van der Waals surface area contributed by atoms with Crippen LogP contribution in [0.15, 0.2) is 84.5 Å². The fourth-order valence-corrected chi connectivity index (χ4v) is 5.19. The Morgan fingerprint density at radius 1 is 0.943 bits per heavy atom. The van der Waals surface area contributed by atoms with E-state index in [2.05, 4.69) is 27.1 Å². The van der Waals surface area contributed by atoms with Crippen LogP contribution in [0.4, 0.5) is 5.13 Å². The number of hydrogen-bond acceptors (Lipinski definition) is 6. The van der Waals surface area contributed by atoms with Gasteiger partial charge in [-0.25, -0.2) is 14.6 Å². The van der Waals surface area contributed by atoms with Gasteiger partial charge in [0.05, 0.1) is 29.4 Å². The van der Waals surface area contributed by atoms with E-state index in [1.165, 1.54) is 0 Å². The van der Waals surface area contributed by atoms with Crippen molar-refractivity contribution in [1.82, 2.24) is 24.6 Å². The quantitative estimate of drug-likeness (QED) is 0.369. The van der Waals surface area contributed by atoms with Crippen LogP contribution in [-0.4, -0.2) is 56.7 Å². The van der Waals surface area contributed by atoms with Crippen LogP contribution in [0, 0.1) is 0 Å². The van der Waals surface area contributed by atoms with Crippen LogP contribution >= 0.6 is 11.3 Å². The Kier molecular flexibility index (Phi) is 5.71. The Balaban J connectivity index is 1.36. The maximum absolute atomic E-state index is 13.8. The third-order valence-electron chi connectivity index (χ3n) is 6.34. The number of aromatic nitrogens is 4. The number of piperazine rings is 1. The number of pyridine rings is 1. The Bertz CT molecular complexity index is 1440. The molecule has 5 aromatic rings. The smallest absolute Gasteiger partial charge is 0.254 e. The molecule has 7 nitrogen and oxygen atoms in total. The van der Waals surface area contributed by atoms with Gasteiger partial charge in [-0.05, 0) is 11.6 Å². The monoisotopic (exact) mass is 480 g/mol. The molecule has 1 amide bonds. The highest BCUT2D eigenvalue weighted by molar-refractivity contribution is 7.13. The molecule has 0 unspecified atom stereocenters. The van der Waals surface area contributed by atoms with E-state index < -0.39 is 0 Å². The molecule has 0 bridgehead atoms. The van der Waals surface area contributed by atoms with Crippen molar-refractivity contribution in [2.75, 3.05) is 31.1 Å². The van der Waals surface area contributed by atoms with Crippen molar-refractivity contribution in [3.05, 3.63) is 95.6 Å². The molecular weight excluding hydrogens is 456 g/mol. The molecule has 35 heavy (non-hydrogen) atoms. The summed E-state index contributed by atoms with van der Waals surface area (Å²) >= 11 is 1.63. The lowest BCUT2D eigenvalue weighted by molar-refractivity contribution is 0.0748. The maximum atomic E-state index is 13.8. The summed E-state index contributed by atoms with van der Waals surface area (Å²) in [6.45, 7) is 3.44. The molecule has 1 fully saturated rings. The first-order valence-electron chi connectivity index (χ1n) is 11.7. The van der Waals surface area contributed by atoms with Gasteiger partial charge in [-0.15, -0.1) is 11.3 Å². The number of fused-ring (bicyclic) bond motifs is 1. The average Bonchev–Trinajstić information content (AvgIpc) is 3.60. The summed E-state index contributed by atoms with van der Waals surface area (Å²) in [7, 11) is 0. The molecule has 6 rings (SSSR count). The normalized spacial score (nSPS) is 13.9. The predicted octanol–water partition coefficient (Wildman–Crippen LogP) is 4.57. The van der Waals surface area contributed by atoms with Gasteiger partial charge in [0, 0.05) is 43.3 Å². The Morgan fingerprint density at radius 2 is 1.69 bits per heavy atom. The summed E-state index contributed by atoms with van der Waals surface area (Å²) in [6, 6.07) is 22.1. The molecule has 4 heterocycles. The first kappa shape index (κ1) is 21.5. The highest BCUT2D eigenvalue weighted by Gasteiger charge is 2.26. The van der Waals surface area contributed by atoms with Crippen LogP contribution < -0.4 is 4.90 Å². The van der Waals surface area contributed by atoms with Gasteiger partial charge in [-0.1, -0.05) is 60.7 Å². The number of rotatable bonds is 5. The van der Waals surface area contributed by atoms with Crippen molar-refractivity contribution in [1.29, 1.82) is 0 Å². The summed E-state index contributed by atoms with van der Waals surface area (Å²) in [5.41, 5.74) is 4.26. The highest BCUT2D eigenvalue weighted by Crippen LogP contribution is 2.27. The number of amides is 1. The van der Waals surface area contributed by atoms with Crippen molar-refractivity contribution in [2.45, 2.75) is 6.54 Å². The third kappa shape index (κ3) is 4.28. The molecule has 0 aliphatic carbocycles.